The van der Waals surface area contributed by atoms with Crippen LogP contribution >= 0.6 is 0 Å². The number of carbonyl (C=O) groups is 1. The fraction of sp³-hybridized carbons (Fsp3) is 0.278. The van der Waals surface area contributed by atoms with Gasteiger partial charge in [-0.3, -0.25) is 4.79 Å². The van der Waals surface area contributed by atoms with Crippen molar-refractivity contribution in [3.05, 3.63) is 65.7 Å². The normalized spacial score (nSPS) is 12.0. The largest absolute Gasteiger partial charge is 0.491 e. The van der Waals surface area contributed by atoms with E-state index < -0.39 is 0 Å². The van der Waals surface area contributed by atoms with Crippen molar-refractivity contribution in [2.24, 2.45) is 0 Å². The second kappa shape index (κ2) is 6.93. The fourth-order valence-electron chi connectivity index (χ4n) is 2.06. The molecule has 0 saturated carbocycles. The molecular weight excluding hydrogens is 262 g/mol. The predicted molar refractivity (Wildman–Crippen MR) is 84.5 cm³/mol. The number of carbonyl (C=O) groups excluding carboxylic acids is 1. The van der Waals surface area contributed by atoms with Crippen LogP contribution in [0.5, 0.6) is 5.75 Å². The molecule has 0 spiro atoms. The zero-order valence-electron chi connectivity index (χ0n) is 12.7. The van der Waals surface area contributed by atoms with E-state index in [0.29, 0.717) is 5.56 Å². The number of amides is 1. The minimum absolute atomic E-state index is 0.0229. The molecule has 0 aliphatic carbocycles. The Morgan fingerprint density at radius 3 is 2.14 bits per heavy atom. The first-order valence-electron chi connectivity index (χ1n) is 7.19. The number of benzene rings is 2. The summed E-state index contributed by atoms with van der Waals surface area (Å²) in [7, 11) is 0. The molecule has 1 atom stereocenters. The van der Waals surface area contributed by atoms with Crippen molar-refractivity contribution in [3.63, 3.8) is 0 Å². The quantitative estimate of drug-likeness (QED) is 0.901. The lowest BCUT2D eigenvalue weighted by Gasteiger charge is -2.15. The van der Waals surface area contributed by atoms with Gasteiger partial charge >= 0.3 is 0 Å². The van der Waals surface area contributed by atoms with Gasteiger partial charge in [0.05, 0.1) is 12.1 Å². The van der Waals surface area contributed by atoms with E-state index in [1.165, 1.54) is 0 Å². The van der Waals surface area contributed by atoms with Gasteiger partial charge in [0.15, 0.2) is 0 Å². The molecule has 2 rings (SSSR count). The van der Waals surface area contributed by atoms with Gasteiger partial charge in [-0.15, -0.1) is 0 Å². The van der Waals surface area contributed by atoms with Crippen LogP contribution in [0, 0.1) is 0 Å². The van der Waals surface area contributed by atoms with Gasteiger partial charge in [-0.25, -0.2) is 0 Å². The molecule has 0 fully saturated rings. The van der Waals surface area contributed by atoms with Crippen molar-refractivity contribution in [1.82, 2.24) is 5.32 Å². The molecule has 1 amide bonds. The maximum Gasteiger partial charge on any atom is 0.251 e. The number of rotatable bonds is 5. The minimum atomic E-state index is -0.0811. The summed E-state index contributed by atoms with van der Waals surface area (Å²) in [6, 6.07) is 17.1. The van der Waals surface area contributed by atoms with E-state index in [9.17, 15) is 4.79 Å². The summed E-state index contributed by atoms with van der Waals surface area (Å²) in [6.45, 7) is 5.92. The van der Waals surface area contributed by atoms with Gasteiger partial charge in [-0.2, -0.15) is 0 Å². The van der Waals surface area contributed by atoms with Crippen LogP contribution in [0.4, 0.5) is 0 Å². The van der Waals surface area contributed by atoms with Crippen molar-refractivity contribution < 1.29 is 9.53 Å². The van der Waals surface area contributed by atoms with Crippen LogP contribution in [0.1, 0.15) is 42.7 Å². The Balaban J connectivity index is 2.00. The van der Waals surface area contributed by atoms with Gasteiger partial charge in [-0.05, 0) is 50.6 Å². The lowest BCUT2D eigenvalue weighted by molar-refractivity contribution is 0.0940. The van der Waals surface area contributed by atoms with Crippen LogP contribution in [-0.2, 0) is 0 Å². The van der Waals surface area contributed by atoms with Gasteiger partial charge < -0.3 is 10.1 Å². The van der Waals surface area contributed by atoms with Crippen molar-refractivity contribution in [1.29, 1.82) is 0 Å². The van der Waals surface area contributed by atoms with E-state index in [1.807, 2.05) is 63.2 Å². The molecule has 0 radical (unpaired) electrons. The Morgan fingerprint density at radius 1 is 0.952 bits per heavy atom. The molecule has 3 heteroatoms. The van der Waals surface area contributed by atoms with Gasteiger partial charge in [0, 0.05) is 5.56 Å². The highest BCUT2D eigenvalue weighted by Crippen LogP contribution is 2.16. The molecule has 0 aliphatic rings. The predicted octanol–water partition coefficient (Wildman–Crippen LogP) is 3.96. The molecule has 3 nitrogen and oxygen atoms in total. The standard InChI is InChI=1S/C18H21NO2/c1-13(2)21-17-11-9-16(10-12-17)18(20)19-14(3)15-7-5-4-6-8-15/h4-14H,1-3H3,(H,19,20). The Bertz CT molecular complexity index is 576. The molecule has 0 saturated heterocycles. The monoisotopic (exact) mass is 283 g/mol. The zero-order valence-corrected chi connectivity index (χ0v) is 12.7. The third kappa shape index (κ3) is 4.35. The molecule has 21 heavy (non-hydrogen) atoms. The van der Waals surface area contributed by atoms with E-state index in [-0.39, 0.29) is 18.1 Å². The summed E-state index contributed by atoms with van der Waals surface area (Å²) < 4.78 is 5.57. The molecule has 2 aromatic carbocycles. The lowest BCUT2D eigenvalue weighted by atomic mass is 10.1. The number of hydrogen-bond acceptors (Lipinski definition) is 2. The Kier molecular flexibility index (Phi) is 4.99. The average Bonchev–Trinajstić information content (AvgIpc) is 2.48. The topological polar surface area (TPSA) is 38.3 Å². The molecule has 1 N–H and O–H groups in total. The van der Waals surface area contributed by atoms with Crippen molar-refractivity contribution in [2.75, 3.05) is 0 Å². The number of ether oxygens (including phenoxy) is 1. The third-order valence-corrected chi connectivity index (χ3v) is 3.14. The summed E-state index contributed by atoms with van der Waals surface area (Å²) in [4.78, 5) is 12.2. The molecule has 2 aromatic rings. The maximum absolute atomic E-state index is 12.2. The van der Waals surface area contributed by atoms with Crippen molar-refractivity contribution in [2.45, 2.75) is 32.9 Å². The van der Waals surface area contributed by atoms with Gasteiger partial charge in [0.25, 0.3) is 5.91 Å². The van der Waals surface area contributed by atoms with Gasteiger partial charge in [0.2, 0.25) is 0 Å². The second-order valence-corrected chi connectivity index (χ2v) is 5.30. The molecule has 110 valence electrons. The molecule has 0 aromatic heterocycles. The summed E-state index contributed by atoms with van der Waals surface area (Å²) in [5.74, 6) is 0.695. The highest BCUT2D eigenvalue weighted by Gasteiger charge is 2.11. The summed E-state index contributed by atoms with van der Waals surface area (Å²) in [6.07, 6.45) is 0.128. The van der Waals surface area contributed by atoms with Crippen LogP contribution in [0.25, 0.3) is 0 Å². The zero-order chi connectivity index (χ0) is 15.2. The minimum Gasteiger partial charge on any atom is -0.491 e. The Labute approximate surface area is 126 Å². The summed E-state index contributed by atoms with van der Waals surface area (Å²) >= 11 is 0. The average molecular weight is 283 g/mol. The molecular formula is C18H21NO2. The van der Waals surface area contributed by atoms with Crippen LogP contribution in [0.3, 0.4) is 0 Å². The van der Waals surface area contributed by atoms with Crippen LogP contribution in [0.15, 0.2) is 54.6 Å². The summed E-state index contributed by atoms with van der Waals surface area (Å²) in [5.41, 5.74) is 1.72. The van der Waals surface area contributed by atoms with Crippen molar-refractivity contribution >= 4 is 5.91 Å². The first kappa shape index (κ1) is 15.1. The fourth-order valence-corrected chi connectivity index (χ4v) is 2.06. The van der Waals surface area contributed by atoms with Crippen molar-refractivity contribution in [3.8, 4) is 5.75 Å². The number of hydrogen-bond donors (Lipinski definition) is 1. The van der Waals surface area contributed by atoms with E-state index in [2.05, 4.69) is 5.32 Å². The van der Waals surface area contributed by atoms with Crippen LogP contribution in [0.2, 0.25) is 0 Å². The van der Waals surface area contributed by atoms with E-state index in [0.717, 1.165) is 11.3 Å². The highest BCUT2D eigenvalue weighted by molar-refractivity contribution is 5.94. The molecule has 1 unspecified atom stereocenters. The van der Waals surface area contributed by atoms with Crippen LogP contribution in [-0.4, -0.2) is 12.0 Å². The van der Waals surface area contributed by atoms with Gasteiger partial charge in [0.1, 0.15) is 5.75 Å². The van der Waals surface area contributed by atoms with Crippen LogP contribution < -0.4 is 10.1 Å². The Hall–Kier alpha value is -2.29. The molecule has 0 bridgehead atoms. The van der Waals surface area contributed by atoms with E-state index >= 15 is 0 Å². The third-order valence-electron chi connectivity index (χ3n) is 3.14. The van der Waals surface area contributed by atoms with E-state index in [1.54, 1.807) is 12.1 Å². The SMILES string of the molecule is CC(C)Oc1ccc(C(=O)NC(C)c2ccccc2)cc1. The first-order valence-corrected chi connectivity index (χ1v) is 7.19. The maximum atomic E-state index is 12.2. The Morgan fingerprint density at radius 2 is 1.57 bits per heavy atom. The first-order chi connectivity index (χ1) is 10.1. The summed E-state index contributed by atoms with van der Waals surface area (Å²) in [5, 5.41) is 2.99. The smallest absolute Gasteiger partial charge is 0.251 e. The number of nitrogens with one attached hydrogen (secondary N) is 1. The molecule has 0 heterocycles. The molecule has 0 aliphatic heterocycles. The second-order valence-electron chi connectivity index (χ2n) is 5.30. The van der Waals surface area contributed by atoms with Gasteiger partial charge in [-0.1, -0.05) is 30.3 Å². The lowest BCUT2D eigenvalue weighted by Crippen LogP contribution is -2.26. The highest BCUT2D eigenvalue weighted by atomic mass is 16.5. The van der Waals surface area contributed by atoms with E-state index in [4.69, 9.17) is 4.74 Å².